The lowest BCUT2D eigenvalue weighted by Crippen LogP contribution is -2.30. The fourth-order valence-corrected chi connectivity index (χ4v) is 3.93. The van der Waals surface area contributed by atoms with Crippen molar-refractivity contribution < 1.29 is 4.79 Å². The molecule has 1 aliphatic heterocycles. The molecule has 2 heterocycles. The molecule has 1 aliphatic rings. The predicted molar refractivity (Wildman–Crippen MR) is 87.7 cm³/mol. The Labute approximate surface area is 129 Å². The number of likely N-dealkylation sites (tertiary alicyclic amines) is 1. The van der Waals surface area contributed by atoms with Crippen LogP contribution >= 0.6 is 11.3 Å². The van der Waals surface area contributed by atoms with E-state index in [1.54, 1.807) is 0 Å². The number of hydrogen-bond acceptors (Lipinski definition) is 3. The Balaban J connectivity index is 1.90. The average Bonchev–Trinajstić information content (AvgIpc) is 3.06. The lowest BCUT2D eigenvalue weighted by Gasteiger charge is -2.25. The normalized spacial score (nSPS) is 18.2. The molecule has 1 unspecified atom stereocenters. The summed E-state index contributed by atoms with van der Waals surface area (Å²) in [7, 11) is 0. The van der Waals surface area contributed by atoms with Crippen LogP contribution < -0.4 is 5.73 Å². The number of nitrogen functional groups attached to an aromatic ring is 1. The number of carbonyl (C=O) groups is 1. The molecule has 4 heteroatoms. The number of thiophene rings is 1. The minimum atomic E-state index is 0.116. The minimum Gasteiger partial charge on any atom is -0.398 e. The van der Waals surface area contributed by atoms with Crippen LogP contribution in [0.2, 0.25) is 0 Å². The van der Waals surface area contributed by atoms with E-state index in [1.807, 2.05) is 24.0 Å². The molecule has 3 rings (SSSR count). The van der Waals surface area contributed by atoms with E-state index in [-0.39, 0.29) is 11.9 Å². The van der Waals surface area contributed by atoms with Crippen molar-refractivity contribution in [2.24, 2.45) is 0 Å². The van der Waals surface area contributed by atoms with Crippen molar-refractivity contribution in [3.63, 3.8) is 0 Å². The van der Waals surface area contributed by atoms with E-state index in [4.69, 9.17) is 5.73 Å². The maximum absolute atomic E-state index is 12.8. The molecule has 1 aromatic carbocycles. The quantitative estimate of drug-likeness (QED) is 0.913. The Hall–Kier alpha value is -1.81. The molecule has 0 radical (unpaired) electrons. The van der Waals surface area contributed by atoms with Gasteiger partial charge in [-0.15, -0.1) is 11.3 Å². The number of carbonyl (C=O) groups excluding carboxylic acids is 1. The molecular formula is C17H20N2OS. The third-order valence-electron chi connectivity index (χ3n) is 4.23. The summed E-state index contributed by atoms with van der Waals surface area (Å²) < 4.78 is 0. The van der Waals surface area contributed by atoms with Crippen LogP contribution in [0, 0.1) is 13.8 Å². The van der Waals surface area contributed by atoms with E-state index in [2.05, 4.69) is 25.1 Å². The maximum Gasteiger partial charge on any atom is 0.264 e. The number of hydrogen-bond donors (Lipinski definition) is 1. The van der Waals surface area contributed by atoms with E-state index in [0.29, 0.717) is 0 Å². The van der Waals surface area contributed by atoms with Gasteiger partial charge in [-0.1, -0.05) is 24.3 Å². The van der Waals surface area contributed by atoms with Crippen molar-refractivity contribution >= 4 is 22.9 Å². The highest BCUT2D eigenvalue weighted by Gasteiger charge is 2.32. The highest BCUT2D eigenvalue weighted by molar-refractivity contribution is 7.14. The first-order chi connectivity index (χ1) is 10.1. The number of aryl methyl sites for hydroxylation is 2. The van der Waals surface area contributed by atoms with Crippen molar-refractivity contribution in [2.75, 3.05) is 12.3 Å². The zero-order chi connectivity index (χ0) is 15.0. The molecule has 110 valence electrons. The highest BCUT2D eigenvalue weighted by Crippen LogP contribution is 2.36. The van der Waals surface area contributed by atoms with E-state index < -0.39 is 0 Å². The molecule has 1 amide bonds. The van der Waals surface area contributed by atoms with Crippen molar-refractivity contribution in [3.8, 4) is 0 Å². The zero-order valence-corrected chi connectivity index (χ0v) is 13.2. The van der Waals surface area contributed by atoms with Crippen molar-refractivity contribution in [2.45, 2.75) is 32.7 Å². The first-order valence-corrected chi connectivity index (χ1v) is 8.12. The summed E-state index contributed by atoms with van der Waals surface area (Å²) in [6.07, 6.45) is 2.10. The fourth-order valence-electron chi connectivity index (χ4n) is 3.04. The van der Waals surface area contributed by atoms with E-state index >= 15 is 0 Å². The largest absolute Gasteiger partial charge is 0.398 e. The molecule has 1 saturated heterocycles. The van der Waals surface area contributed by atoms with Crippen LogP contribution in [0.25, 0.3) is 0 Å². The summed E-state index contributed by atoms with van der Waals surface area (Å²) in [4.78, 5) is 16.6. The predicted octanol–water partition coefficient (Wildman–Crippen LogP) is 3.92. The van der Waals surface area contributed by atoms with Gasteiger partial charge in [-0.25, -0.2) is 0 Å². The second kappa shape index (κ2) is 5.53. The molecule has 0 aliphatic carbocycles. The van der Waals surface area contributed by atoms with Gasteiger partial charge in [0.05, 0.1) is 10.9 Å². The van der Waals surface area contributed by atoms with E-state index in [9.17, 15) is 4.79 Å². The van der Waals surface area contributed by atoms with Crippen LogP contribution in [0.15, 0.2) is 30.3 Å². The van der Waals surface area contributed by atoms with Gasteiger partial charge in [-0.05, 0) is 43.9 Å². The van der Waals surface area contributed by atoms with Crippen LogP contribution in [-0.2, 0) is 0 Å². The van der Waals surface area contributed by atoms with Gasteiger partial charge in [0, 0.05) is 17.1 Å². The second-order valence-electron chi connectivity index (χ2n) is 5.64. The van der Waals surface area contributed by atoms with Gasteiger partial charge in [0.15, 0.2) is 0 Å². The Morgan fingerprint density at radius 2 is 2.10 bits per heavy atom. The number of rotatable bonds is 2. The number of anilines is 1. The molecule has 1 fully saturated rings. The first kappa shape index (κ1) is 14.1. The summed E-state index contributed by atoms with van der Waals surface area (Å²) in [6.45, 7) is 4.90. The molecule has 2 aromatic rings. The van der Waals surface area contributed by atoms with Crippen LogP contribution in [0.3, 0.4) is 0 Å². The summed E-state index contributed by atoms with van der Waals surface area (Å²) in [5, 5.41) is 0. The lowest BCUT2D eigenvalue weighted by molar-refractivity contribution is 0.0740. The van der Waals surface area contributed by atoms with E-state index in [0.717, 1.165) is 34.8 Å². The molecule has 1 atom stereocenters. The summed E-state index contributed by atoms with van der Waals surface area (Å²) in [5.41, 5.74) is 9.13. The van der Waals surface area contributed by atoms with Gasteiger partial charge in [-0.2, -0.15) is 0 Å². The Kier molecular flexibility index (Phi) is 3.72. The van der Waals surface area contributed by atoms with Gasteiger partial charge >= 0.3 is 0 Å². The standard InChI is InChI=1S/C17H20N2OS/c1-11-6-3-4-7-13(11)15-8-5-9-19(15)17(20)16-10-14(18)12(2)21-16/h3-4,6-7,10,15H,5,8-9,18H2,1-2H3. The number of nitrogens with two attached hydrogens (primary N) is 1. The molecule has 0 spiro atoms. The van der Waals surface area contributed by atoms with Crippen LogP contribution in [0.5, 0.6) is 0 Å². The molecule has 0 bridgehead atoms. The Bertz CT molecular complexity index is 658. The zero-order valence-electron chi connectivity index (χ0n) is 12.4. The molecular weight excluding hydrogens is 280 g/mol. The van der Waals surface area contributed by atoms with Crippen molar-refractivity contribution in [3.05, 3.63) is 51.2 Å². The second-order valence-corrected chi connectivity index (χ2v) is 6.89. The third kappa shape index (κ3) is 2.56. The third-order valence-corrected chi connectivity index (χ3v) is 5.28. The highest BCUT2D eigenvalue weighted by atomic mass is 32.1. The molecule has 2 N–H and O–H groups in total. The lowest BCUT2D eigenvalue weighted by atomic mass is 9.99. The van der Waals surface area contributed by atoms with Crippen molar-refractivity contribution in [1.82, 2.24) is 4.90 Å². The number of benzene rings is 1. The SMILES string of the molecule is Cc1ccccc1C1CCCN1C(=O)c1cc(N)c(C)s1. The molecule has 1 aromatic heterocycles. The molecule has 0 saturated carbocycles. The summed E-state index contributed by atoms with van der Waals surface area (Å²) >= 11 is 1.49. The maximum atomic E-state index is 12.8. The summed E-state index contributed by atoms with van der Waals surface area (Å²) in [5.74, 6) is 0.116. The fraction of sp³-hybridized carbons (Fsp3) is 0.353. The van der Waals surface area contributed by atoms with Gasteiger partial charge in [0.2, 0.25) is 0 Å². The minimum absolute atomic E-state index is 0.116. The van der Waals surface area contributed by atoms with Crippen LogP contribution in [-0.4, -0.2) is 17.4 Å². The monoisotopic (exact) mass is 300 g/mol. The number of nitrogens with zero attached hydrogens (tertiary/aromatic N) is 1. The average molecular weight is 300 g/mol. The number of amides is 1. The first-order valence-electron chi connectivity index (χ1n) is 7.30. The van der Waals surface area contributed by atoms with Crippen molar-refractivity contribution in [1.29, 1.82) is 0 Å². The van der Waals surface area contributed by atoms with Crippen LogP contribution in [0.4, 0.5) is 5.69 Å². The Morgan fingerprint density at radius 3 is 2.76 bits per heavy atom. The molecule has 21 heavy (non-hydrogen) atoms. The van der Waals surface area contributed by atoms with Gasteiger partial charge in [0.25, 0.3) is 5.91 Å². The van der Waals surface area contributed by atoms with Gasteiger partial charge in [-0.3, -0.25) is 4.79 Å². The topological polar surface area (TPSA) is 46.3 Å². The van der Waals surface area contributed by atoms with Gasteiger partial charge < -0.3 is 10.6 Å². The smallest absolute Gasteiger partial charge is 0.264 e. The summed E-state index contributed by atoms with van der Waals surface area (Å²) in [6, 6.07) is 10.4. The Morgan fingerprint density at radius 1 is 1.33 bits per heavy atom. The van der Waals surface area contributed by atoms with E-state index in [1.165, 1.54) is 22.5 Å². The van der Waals surface area contributed by atoms with Crippen LogP contribution in [0.1, 0.15) is 44.6 Å². The van der Waals surface area contributed by atoms with Gasteiger partial charge in [0.1, 0.15) is 0 Å². The molecule has 3 nitrogen and oxygen atoms in total.